The second-order valence-corrected chi connectivity index (χ2v) is 4.00. The lowest BCUT2D eigenvalue weighted by Crippen LogP contribution is -2.20. The van der Waals surface area contributed by atoms with E-state index in [1.807, 2.05) is 6.92 Å². The van der Waals surface area contributed by atoms with Crippen molar-refractivity contribution in [3.05, 3.63) is 29.6 Å². The van der Waals surface area contributed by atoms with E-state index in [0.717, 1.165) is 6.07 Å². The van der Waals surface area contributed by atoms with Gasteiger partial charge in [-0.15, -0.1) is 0 Å². The van der Waals surface area contributed by atoms with Crippen molar-refractivity contribution in [1.82, 2.24) is 9.55 Å². The largest absolute Gasteiger partial charge is 0.329 e. The molecule has 0 saturated carbocycles. The van der Waals surface area contributed by atoms with E-state index < -0.39 is 11.6 Å². The average molecular weight is 225 g/mol. The highest BCUT2D eigenvalue weighted by atomic mass is 19.2. The third-order valence-electron chi connectivity index (χ3n) is 2.52. The van der Waals surface area contributed by atoms with Crippen LogP contribution in [0.1, 0.15) is 12.7 Å². The Morgan fingerprint density at radius 1 is 1.44 bits per heavy atom. The molecular weight excluding hydrogens is 212 g/mol. The summed E-state index contributed by atoms with van der Waals surface area (Å²) in [6.07, 6.45) is 0.534. The van der Waals surface area contributed by atoms with Gasteiger partial charge < -0.3 is 10.3 Å². The van der Waals surface area contributed by atoms with Crippen LogP contribution in [0.15, 0.2) is 12.1 Å². The summed E-state index contributed by atoms with van der Waals surface area (Å²) in [6, 6.07) is 2.49. The summed E-state index contributed by atoms with van der Waals surface area (Å²) in [5, 5.41) is 0. The van der Waals surface area contributed by atoms with Crippen molar-refractivity contribution in [2.75, 3.05) is 0 Å². The number of fused-ring (bicyclic) bond motifs is 1. The van der Waals surface area contributed by atoms with Gasteiger partial charge in [-0.2, -0.15) is 0 Å². The van der Waals surface area contributed by atoms with Crippen molar-refractivity contribution in [3.63, 3.8) is 0 Å². The molecule has 86 valence electrons. The van der Waals surface area contributed by atoms with E-state index in [1.165, 1.54) is 6.07 Å². The van der Waals surface area contributed by atoms with Crippen LogP contribution in [0.3, 0.4) is 0 Å². The molecule has 1 atom stereocenters. The van der Waals surface area contributed by atoms with Gasteiger partial charge in [-0.1, -0.05) is 0 Å². The number of aryl methyl sites for hydroxylation is 1. The molecule has 0 radical (unpaired) electrons. The molecule has 3 nitrogen and oxygen atoms in total. The molecule has 0 aliphatic heterocycles. The summed E-state index contributed by atoms with van der Waals surface area (Å²) in [5.41, 5.74) is 6.31. The number of halogens is 2. The minimum absolute atomic E-state index is 0.0663. The molecule has 0 saturated heterocycles. The van der Waals surface area contributed by atoms with Gasteiger partial charge in [0.05, 0.1) is 5.52 Å². The van der Waals surface area contributed by atoms with Crippen LogP contribution < -0.4 is 5.73 Å². The smallest absolute Gasteiger partial charge is 0.184 e. The number of aromatic nitrogens is 2. The van der Waals surface area contributed by atoms with Crippen molar-refractivity contribution >= 4 is 11.0 Å². The second kappa shape index (κ2) is 3.83. The van der Waals surface area contributed by atoms with Gasteiger partial charge >= 0.3 is 0 Å². The summed E-state index contributed by atoms with van der Waals surface area (Å²) >= 11 is 0. The maximum Gasteiger partial charge on any atom is 0.184 e. The number of benzene rings is 1. The van der Waals surface area contributed by atoms with E-state index in [2.05, 4.69) is 4.98 Å². The molecule has 1 heterocycles. The number of nitrogens with two attached hydrogens (primary N) is 1. The Morgan fingerprint density at radius 2 is 2.12 bits per heavy atom. The lowest BCUT2D eigenvalue weighted by atomic mass is 10.2. The topological polar surface area (TPSA) is 43.8 Å². The fraction of sp³-hybridized carbons (Fsp3) is 0.364. The number of hydrogen-bond acceptors (Lipinski definition) is 2. The summed E-state index contributed by atoms with van der Waals surface area (Å²) in [7, 11) is 1.66. The first kappa shape index (κ1) is 11.0. The SMILES string of the molecule is CC(N)Cc1nc2ccc(F)c(F)c2n1C. The van der Waals surface area contributed by atoms with E-state index in [1.54, 1.807) is 11.6 Å². The summed E-state index contributed by atoms with van der Waals surface area (Å²) < 4.78 is 28.2. The molecule has 2 rings (SSSR count). The van der Waals surface area contributed by atoms with Gasteiger partial charge in [0.25, 0.3) is 0 Å². The molecule has 1 unspecified atom stereocenters. The fourth-order valence-corrected chi connectivity index (χ4v) is 1.75. The highest BCUT2D eigenvalue weighted by Gasteiger charge is 2.15. The van der Waals surface area contributed by atoms with Crippen LogP contribution >= 0.6 is 0 Å². The zero-order valence-electron chi connectivity index (χ0n) is 9.17. The summed E-state index contributed by atoms with van der Waals surface area (Å²) in [6.45, 7) is 1.84. The Balaban J connectivity index is 2.64. The van der Waals surface area contributed by atoms with Crippen LogP contribution in [0.25, 0.3) is 11.0 Å². The monoisotopic (exact) mass is 225 g/mol. The Labute approximate surface area is 91.9 Å². The van der Waals surface area contributed by atoms with Gasteiger partial charge in [0.2, 0.25) is 0 Å². The van der Waals surface area contributed by atoms with E-state index in [9.17, 15) is 8.78 Å². The fourth-order valence-electron chi connectivity index (χ4n) is 1.75. The Morgan fingerprint density at radius 3 is 2.75 bits per heavy atom. The first-order valence-corrected chi connectivity index (χ1v) is 5.05. The zero-order valence-corrected chi connectivity index (χ0v) is 9.17. The highest BCUT2D eigenvalue weighted by molar-refractivity contribution is 5.76. The molecule has 0 amide bonds. The number of nitrogens with zero attached hydrogens (tertiary/aromatic N) is 2. The van der Waals surface area contributed by atoms with Crippen molar-refractivity contribution in [2.24, 2.45) is 12.8 Å². The molecule has 0 bridgehead atoms. The van der Waals surface area contributed by atoms with E-state index in [4.69, 9.17) is 5.73 Å². The third kappa shape index (κ3) is 1.67. The van der Waals surface area contributed by atoms with Gasteiger partial charge in [0, 0.05) is 19.5 Å². The van der Waals surface area contributed by atoms with Crippen LogP contribution in [0, 0.1) is 11.6 Å². The zero-order chi connectivity index (χ0) is 11.9. The molecular formula is C11H13F2N3. The molecule has 1 aromatic carbocycles. The number of rotatable bonds is 2. The molecule has 2 N–H and O–H groups in total. The second-order valence-electron chi connectivity index (χ2n) is 4.00. The molecule has 0 fully saturated rings. The molecule has 0 spiro atoms. The van der Waals surface area contributed by atoms with Crippen LogP contribution in [0.2, 0.25) is 0 Å². The standard InChI is InChI=1S/C11H13F2N3/c1-6(14)5-9-15-8-4-3-7(12)10(13)11(8)16(9)2/h3-4,6H,5,14H2,1-2H3. The van der Waals surface area contributed by atoms with Crippen LogP contribution in [0.5, 0.6) is 0 Å². The lowest BCUT2D eigenvalue weighted by molar-refractivity contribution is 0.512. The van der Waals surface area contributed by atoms with Gasteiger partial charge in [0.1, 0.15) is 11.3 Å². The summed E-state index contributed by atoms with van der Waals surface area (Å²) in [5.74, 6) is -1.05. The van der Waals surface area contributed by atoms with Gasteiger partial charge in [-0.25, -0.2) is 13.8 Å². The van der Waals surface area contributed by atoms with E-state index in [0.29, 0.717) is 17.8 Å². The quantitative estimate of drug-likeness (QED) is 0.846. The maximum absolute atomic E-state index is 13.5. The molecule has 5 heteroatoms. The predicted octanol–water partition coefficient (Wildman–Crippen LogP) is 1.74. The first-order chi connectivity index (χ1) is 7.50. The first-order valence-electron chi connectivity index (χ1n) is 5.05. The van der Waals surface area contributed by atoms with Gasteiger partial charge in [-0.05, 0) is 19.1 Å². The average Bonchev–Trinajstić information content (AvgIpc) is 2.50. The van der Waals surface area contributed by atoms with E-state index in [-0.39, 0.29) is 11.6 Å². The Hall–Kier alpha value is -1.49. The van der Waals surface area contributed by atoms with Crippen molar-refractivity contribution in [1.29, 1.82) is 0 Å². The Kier molecular flexibility index (Phi) is 2.63. The minimum Gasteiger partial charge on any atom is -0.329 e. The van der Waals surface area contributed by atoms with Gasteiger partial charge in [0.15, 0.2) is 11.6 Å². The molecule has 1 aromatic heterocycles. The third-order valence-corrected chi connectivity index (χ3v) is 2.52. The highest BCUT2D eigenvalue weighted by Crippen LogP contribution is 2.21. The Bertz CT molecular complexity index is 531. The maximum atomic E-state index is 13.5. The summed E-state index contributed by atoms with van der Waals surface area (Å²) in [4.78, 5) is 4.23. The van der Waals surface area contributed by atoms with Gasteiger partial charge in [-0.3, -0.25) is 0 Å². The van der Waals surface area contributed by atoms with E-state index >= 15 is 0 Å². The van der Waals surface area contributed by atoms with Crippen molar-refractivity contribution in [3.8, 4) is 0 Å². The predicted molar refractivity (Wildman–Crippen MR) is 58.0 cm³/mol. The van der Waals surface area contributed by atoms with Crippen molar-refractivity contribution in [2.45, 2.75) is 19.4 Å². The van der Waals surface area contributed by atoms with Crippen molar-refractivity contribution < 1.29 is 8.78 Å². The number of hydrogen-bond donors (Lipinski definition) is 1. The lowest BCUT2D eigenvalue weighted by Gasteiger charge is -2.05. The van der Waals surface area contributed by atoms with Crippen LogP contribution in [-0.2, 0) is 13.5 Å². The van der Waals surface area contributed by atoms with Crippen LogP contribution in [-0.4, -0.2) is 15.6 Å². The van der Waals surface area contributed by atoms with Crippen LogP contribution in [0.4, 0.5) is 8.78 Å². The number of imidazole rings is 1. The molecule has 2 aromatic rings. The normalized spacial score (nSPS) is 13.3. The molecule has 16 heavy (non-hydrogen) atoms. The molecule has 0 aliphatic carbocycles. The molecule has 0 aliphatic rings. The minimum atomic E-state index is -0.858.